The average molecular weight is 730 g/mol. The molecule has 0 saturated carbocycles. The van der Waals surface area contributed by atoms with Gasteiger partial charge in [0.15, 0.2) is 0 Å². The van der Waals surface area contributed by atoms with Crippen molar-refractivity contribution in [3.8, 4) is 0 Å². The van der Waals surface area contributed by atoms with Gasteiger partial charge >= 0.3 is 11.9 Å². The van der Waals surface area contributed by atoms with E-state index in [9.17, 15) is 9.59 Å². The largest absolute Gasteiger partial charge is 0.463 e. The van der Waals surface area contributed by atoms with Crippen LogP contribution in [0.5, 0.6) is 0 Å². The fourth-order valence-electron chi connectivity index (χ4n) is 6.62. The summed E-state index contributed by atoms with van der Waals surface area (Å²) < 4.78 is 11.6. The predicted molar refractivity (Wildman–Crippen MR) is 226 cm³/mol. The van der Waals surface area contributed by atoms with Crippen molar-refractivity contribution in [3.05, 3.63) is 36.0 Å². The molecule has 0 aromatic heterocycles. The third-order valence-corrected chi connectivity index (χ3v) is 9.95. The molecule has 0 aromatic carbocycles. The molecule has 0 fully saturated rings. The Morgan fingerprint density at radius 2 is 1.02 bits per heavy atom. The van der Waals surface area contributed by atoms with Crippen LogP contribution in [0.1, 0.15) is 220 Å². The molecule has 5 nitrogen and oxygen atoms in total. The maximum absolute atomic E-state index is 12.6. The standard InChI is InChI=1S/C47H87NO4/c1-6-9-12-14-16-17-18-19-20-21-22-23-24-25-27-32-38-45(52-46(49)40-35-41-48(4)5)39-33-28-29-34-42-51-47(50)43-44(36-30-11-8-3)37-31-26-15-13-10-7-2/h16-17,19-20,43,45H,6-15,18,21-42H2,1-5H3/b17-16-,20-19-,44-43+. The first-order chi connectivity index (χ1) is 25.4. The quantitative estimate of drug-likeness (QED) is 0.0273. The Labute approximate surface area is 324 Å². The first-order valence-corrected chi connectivity index (χ1v) is 22.4. The van der Waals surface area contributed by atoms with Crippen LogP contribution in [0, 0.1) is 0 Å². The topological polar surface area (TPSA) is 55.8 Å². The molecule has 0 aromatic rings. The number of esters is 2. The average Bonchev–Trinajstić information content (AvgIpc) is 3.12. The lowest BCUT2D eigenvalue weighted by Gasteiger charge is -2.18. The number of unbranched alkanes of at least 4 members (excludes halogenated alkanes) is 19. The summed E-state index contributed by atoms with van der Waals surface area (Å²) in [7, 11) is 4.08. The number of rotatable bonds is 39. The maximum Gasteiger partial charge on any atom is 0.330 e. The molecule has 0 radical (unpaired) electrons. The van der Waals surface area contributed by atoms with Crippen molar-refractivity contribution < 1.29 is 19.1 Å². The maximum atomic E-state index is 12.6. The fraction of sp³-hybridized carbons (Fsp3) is 0.830. The number of carbonyl (C=O) groups excluding carboxylic acids is 2. The Balaban J connectivity index is 4.37. The molecule has 0 bridgehead atoms. The lowest BCUT2D eigenvalue weighted by atomic mass is 10.00. The Morgan fingerprint density at radius 3 is 1.63 bits per heavy atom. The van der Waals surface area contributed by atoms with Gasteiger partial charge in [0.1, 0.15) is 6.10 Å². The summed E-state index contributed by atoms with van der Waals surface area (Å²) in [5.41, 5.74) is 1.27. The lowest BCUT2D eigenvalue weighted by Crippen LogP contribution is -2.20. The zero-order chi connectivity index (χ0) is 38.2. The van der Waals surface area contributed by atoms with Crippen LogP contribution in [0.25, 0.3) is 0 Å². The van der Waals surface area contributed by atoms with Crippen molar-refractivity contribution >= 4 is 11.9 Å². The van der Waals surface area contributed by atoms with Crippen LogP contribution in [0.3, 0.4) is 0 Å². The molecule has 0 spiro atoms. The van der Waals surface area contributed by atoms with E-state index in [0.29, 0.717) is 13.0 Å². The Bertz CT molecular complexity index is 877. The van der Waals surface area contributed by atoms with Gasteiger partial charge < -0.3 is 14.4 Å². The SMILES string of the molecule is CCCCC/C=C\C/C=C\CCCCCCCCC(CCCCCCOC(=O)/C=C(\CCCCC)CCCCCCCC)OC(=O)CCCN(C)C. The third kappa shape index (κ3) is 37.9. The van der Waals surface area contributed by atoms with Crippen LogP contribution in [0.15, 0.2) is 36.0 Å². The van der Waals surface area contributed by atoms with E-state index < -0.39 is 0 Å². The van der Waals surface area contributed by atoms with Crippen LogP contribution in [-0.4, -0.2) is 50.2 Å². The second-order valence-corrected chi connectivity index (χ2v) is 15.5. The van der Waals surface area contributed by atoms with Crippen molar-refractivity contribution in [1.82, 2.24) is 4.90 Å². The van der Waals surface area contributed by atoms with E-state index in [2.05, 4.69) is 50.0 Å². The van der Waals surface area contributed by atoms with Crippen molar-refractivity contribution in [2.24, 2.45) is 0 Å². The minimum absolute atomic E-state index is 0.0263. The predicted octanol–water partition coefficient (Wildman–Crippen LogP) is 14.2. The van der Waals surface area contributed by atoms with E-state index in [1.54, 1.807) is 6.08 Å². The van der Waals surface area contributed by atoms with Gasteiger partial charge in [-0.1, -0.05) is 147 Å². The molecule has 5 heteroatoms. The number of hydrogen-bond donors (Lipinski definition) is 0. The molecule has 0 aliphatic heterocycles. The van der Waals surface area contributed by atoms with E-state index in [0.717, 1.165) is 83.6 Å². The summed E-state index contributed by atoms with van der Waals surface area (Å²) in [6, 6.07) is 0. The molecule has 0 aliphatic carbocycles. The van der Waals surface area contributed by atoms with Crippen LogP contribution in [0.4, 0.5) is 0 Å². The highest BCUT2D eigenvalue weighted by Crippen LogP contribution is 2.19. The summed E-state index contributed by atoms with van der Waals surface area (Å²) >= 11 is 0. The van der Waals surface area contributed by atoms with Gasteiger partial charge in [-0.15, -0.1) is 0 Å². The van der Waals surface area contributed by atoms with Gasteiger partial charge in [0.25, 0.3) is 0 Å². The second kappa shape index (κ2) is 40.3. The minimum atomic E-state index is -0.160. The normalized spacial score (nSPS) is 12.8. The highest BCUT2D eigenvalue weighted by Gasteiger charge is 2.14. The number of allylic oxidation sites excluding steroid dienone is 5. The first-order valence-electron chi connectivity index (χ1n) is 22.4. The zero-order valence-electron chi connectivity index (χ0n) is 35.4. The van der Waals surface area contributed by atoms with E-state index in [-0.39, 0.29) is 18.0 Å². The van der Waals surface area contributed by atoms with Gasteiger partial charge in [-0.2, -0.15) is 0 Å². The van der Waals surface area contributed by atoms with Gasteiger partial charge in [0.05, 0.1) is 6.61 Å². The smallest absolute Gasteiger partial charge is 0.330 e. The summed E-state index contributed by atoms with van der Waals surface area (Å²) in [5.74, 6) is -0.204. The van der Waals surface area contributed by atoms with E-state index >= 15 is 0 Å². The van der Waals surface area contributed by atoms with Crippen LogP contribution in [0.2, 0.25) is 0 Å². The van der Waals surface area contributed by atoms with Gasteiger partial charge in [-0.3, -0.25) is 4.79 Å². The van der Waals surface area contributed by atoms with Gasteiger partial charge in [0.2, 0.25) is 0 Å². The Kier molecular flexibility index (Phi) is 38.9. The number of ether oxygens (including phenoxy) is 2. The number of carbonyl (C=O) groups is 2. The Morgan fingerprint density at radius 1 is 0.538 bits per heavy atom. The molecule has 1 atom stereocenters. The van der Waals surface area contributed by atoms with Crippen molar-refractivity contribution in [2.45, 2.75) is 226 Å². The number of hydrogen-bond acceptors (Lipinski definition) is 5. The molecule has 52 heavy (non-hydrogen) atoms. The highest BCUT2D eigenvalue weighted by molar-refractivity contribution is 5.82. The van der Waals surface area contributed by atoms with Crippen molar-refractivity contribution in [3.63, 3.8) is 0 Å². The third-order valence-electron chi connectivity index (χ3n) is 9.95. The van der Waals surface area contributed by atoms with Crippen molar-refractivity contribution in [1.29, 1.82) is 0 Å². The van der Waals surface area contributed by atoms with E-state index in [1.807, 2.05) is 14.1 Å². The summed E-state index contributed by atoms with van der Waals surface area (Å²) in [5, 5.41) is 0. The molecule has 1 unspecified atom stereocenters. The van der Waals surface area contributed by atoms with Crippen LogP contribution >= 0.6 is 0 Å². The molecule has 304 valence electrons. The molecule has 0 N–H and O–H groups in total. The van der Waals surface area contributed by atoms with Gasteiger partial charge in [0, 0.05) is 12.5 Å². The number of nitrogens with zero attached hydrogens (tertiary/aromatic N) is 1. The fourth-order valence-corrected chi connectivity index (χ4v) is 6.62. The van der Waals surface area contributed by atoms with Crippen molar-refractivity contribution in [2.75, 3.05) is 27.2 Å². The highest BCUT2D eigenvalue weighted by atomic mass is 16.5. The molecule has 0 amide bonds. The summed E-state index contributed by atoms with van der Waals surface area (Å²) in [4.78, 5) is 27.3. The van der Waals surface area contributed by atoms with Gasteiger partial charge in [-0.25, -0.2) is 4.79 Å². The summed E-state index contributed by atoms with van der Waals surface area (Å²) in [6.45, 7) is 8.14. The molecule has 0 aliphatic rings. The second-order valence-electron chi connectivity index (χ2n) is 15.5. The van der Waals surface area contributed by atoms with Crippen LogP contribution < -0.4 is 0 Å². The summed E-state index contributed by atoms with van der Waals surface area (Å²) in [6.07, 6.45) is 46.6. The molecular weight excluding hydrogens is 643 g/mol. The molecule has 0 rings (SSSR count). The molecular formula is C47H87NO4. The monoisotopic (exact) mass is 730 g/mol. The molecule has 0 heterocycles. The lowest BCUT2D eigenvalue weighted by molar-refractivity contribution is -0.150. The zero-order valence-corrected chi connectivity index (χ0v) is 35.4. The minimum Gasteiger partial charge on any atom is -0.463 e. The Hall–Kier alpha value is -1.88. The van der Waals surface area contributed by atoms with Crippen LogP contribution in [-0.2, 0) is 19.1 Å². The first kappa shape index (κ1) is 50.1. The van der Waals surface area contributed by atoms with Gasteiger partial charge in [-0.05, 0) is 117 Å². The molecule has 0 saturated heterocycles. The van der Waals surface area contributed by atoms with E-state index in [4.69, 9.17) is 9.47 Å². The van der Waals surface area contributed by atoms with E-state index in [1.165, 1.54) is 121 Å².